The molecule has 4 fully saturated rings. The van der Waals surface area contributed by atoms with E-state index < -0.39 is 29.2 Å². The number of hydrazine groups is 1. The Morgan fingerprint density at radius 3 is 2.82 bits per heavy atom. The maximum Gasteiger partial charge on any atom is 0.202 e. The van der Waals surface area contributed by atoms with Gasteiger partial charge in [-0.3, -0.25) is 14.8 Å². The summed E-state index contributed by atoms with van der Waals surface area (Å²) in [7, 11) is 1.47. The van der Waals surface area contributed by atoms with Gasteiger partial charge in [-0.2, -0.15) is 0 Å². The lowest BCUT2D eigenvalue weighted by atomic mass is 9.74. The van der Waals surface area contributed by atoms with Crippen molar-refractivity contribution in [3.05, 3.63) is 81.8 Å². The minimum atomic E-state index is -0.979. The van der Waals surface area contributed by atoms with Gasteiger partial charge in [-0.25, -0.2) is 28.0 Å². The Kier molecular flexibility index (Phi) is 7.94. The fourth-order valence-electron chi connectivity index (χ4n) is 9.58. The van der Waals surface area contributed by atoms with E-state index in [0.29, 0.717) is 37.3 Å². The highest BCUT2D eigenvalue weighted by molar-refractivity contribution is 6.05. The number of aliphatic imine (C=N–C) groups is 1. The van der Waals surface area contributed by atoms with Crippen LogP contribution in [0.15, 0.2) is 69.8 Å². The van der Waals surface area contributed by atoms with Crippen molar-refractivity contribution in [2.75, 3.05) is 40.3 Å². The molecule has 4 bridgehead atoms. The standard InChI is InChI=1S/C39H39F4N5O3/c1-3-25-28(41)9-8-22-14-24(51-21-49-2)15-27(34(22)25)35-29(42)16-33(50-19-39-12-5-13-46(39)18-23(40)17-39)48-32(37(35)43)7-4-6-26-30-10-11-31-36(26)38(48)44-20-47(31)45-30/h1,8-9,14-16,23,26,30,45H,4-7,10-13,17-21H2,2H3/t23-,26+,30+,39+/m1/s1. The lowest BCUT2D eigenvalue weighted by Crippen LogP contribution is -2.60. The Morgan fingerprint density at radius 2 is 1.98 bits per heavy atom. The zero-order valence-corrected chi connectivity index (χ0v) is 28.4. The van der Waals surface area contributed by atoms with Crippen LogP contribution in [0.5, 0.6) is 5.75 Å². The number of amidine groups is 1. The minimum Gasteiger partial charge on any atom is -0.477 e. The van der Waals surface area contributed by atoms with Crippen LogP contribution in [0.3, 0.4) is 0 Å². The van der Waals surface area contributed by atoms with Gasteiger partial charge in [-0.1, -0.05) is 12.0 Å². The lowest BCUT2D eigenvalue weighted by molar-refractivity contribution is 0.0498. The molecular weight excluding hydrogens is 662 g/mol. The molecule has 2 aromatic rings. The van der Waals surface area contributed by atoms with Crippen LogP contribution in [0.4, 0.5) is 17.6 Å². The van der Waals surface area contributed by atoms with Crippen LogP contribution in [0, 0.1) is 24.1 Å². The topological polar surface area (TPSA) is 61.8 Å². The Bertz CT molecular complexity index is 2030. The molecule has 12 heteroatoms. The summed E-state index contributed by atoms with van der Waals surface area (Å²) in [6, 6.07) is 6.07. The van der Waals surface area contributed by atoms with Crippen LogP contribution in [0.1, 0.15) is 62.5 Å². The Morgan fingerprint density at radius 1 is 1.10 bits per heavy atom. The van der Waals surface area contributed by atoms with Gasteiger partial charge in [0.2, 0.25) is 5.88 Å². The van der Waals surface area contributed by atoms with Crippen molar-refractivity contribution in [3.8, 4) is 18.1 Å². The SMILES string of the molecule is C#Cc1c(F)ccc2cc(OCOC)cc(C3=C(F)C=C(OC[C@@]45CCCN4C[C@H](F)C5)N4C5=NCN6N[C@H]7CCC6=C5[C@H]7CCCC4=C3F)c12. The third-order valence-corrected chi connectivity index (χ3v) is 11.7. The number of ether oxygens (including phenoxy) is 3. The molecule has 7 heterocycles. The second kappa shape index (κ2) is 12.4. The summed E-state index contributed by atoms with van der Waals surface area (Å²) in [6.07, 6.45) is 11.6. The van der Waals surface area contributed by atoms with Crippen molar-refractivity contribution in [3.63, 3.8) is 0 Å². The second-order valence-corrected chi connectivity index (χ2v) is 14.5. The molecule has 2 aromatic carbocycles. The number of halogens is 4. The van der Waals surface area contributed by atoms with Gasteiger partial charge in [0.15, 0.2) is 12.6 Å². The Balaban J connectivity index is 1.25. The van der Waals surface area contributed by atoms with Crippen LogP contribution < -0.4 is 10.2 Å². The van der Waals surface area contributed by atoms with Crippen LogP contribution in [0.25, 0.3) is 16.3 Å². The van der Waals surface area contributed by atoms with Gasteiger partial charge in [-0.15, -0.1) is 6.42 Å². The van der Waals surface area contributed by atoms with Crippen LogP contribution in [-0.2, 0) is 9.47 Å². The summed E-state index contributed by atoms with van der Waals surface area (Å²) >= 11 is 0. The van der Waals surface area contributed by atoms with Crippen LogP contribution in [-0.4, -0.2) is 78.7 Å². The maximum absolute atomic E-state index is 17.7. The molecule has 1 N–H and O–H groups in total. The molecule has 4 saturated heterocycles. The second-order valence-electron chi connectivity index (χ2n) is 14.5. The summed E-state index contributed by atoms with van der Waals surface area (Å²) in [5.74, 6) is 1.04. The highest BCUT2D eigenvalue weighted by Gasteiger charge is 2.51. The molecule has 0 saturated carbocycles. The van der Waals surface area contributed by atoms with Crippen molar-refractivity contribution in [2.45, 2.75) is 69.1 Å². The predicted octanol–water partition coefficient (Wildman–Crippen LogP) is 6.96. The summed E-state index contributed by atoms with van der Waals surface area (Å²) in [5, 5.41) is 2.70. The average molecular weight is 702 g/mol. The lowest BCUT2D eigenvalue weighted by Gasteiger charge is -2.52. The summed E-state index contributed by atoms with van der Waals surface area (Å²) in [5.41, 5.74) is 4.97. The van der Waals surface area contributed by atoms with Gasteiger partial charge in [0, 0.05) is 60.3 Å². The first-order chi connectivity index (χ1) is 24.8. The quantitative estimate of drug-likeness (QED) is 0.190. The van der Waals surface area contributed by atoms with E-state index >= 15 is 13.2 Å². The van der Waals surface area contributed by atoms with Gasteiger partial charge >= 0.3 is 0 Å². The molecule has 7 aliphatic heterocycles. The zero-order chi connectivity index (χ0) is 35.0. The average Bonchev–Trinajstić information content (AvgIpc) is 3.61. The molecule has 10 rings (SSSR count). The maximum atomic E-state index is 17.7. The zero-order valence-electron chi connectivity index (χ0n) is 28.4. The molecule has 0 radical (unpaired) electrons. The van der Waals surface area contributed by atoms with E-state index in [2.05, 4.69) is 21.3 Å². The van der Waals surface area contributed by atoms with E-state index in [1.807, 2.05) is 0 Å². The van der Waals surface area contributed by atoms with Crippen molar-refractivity contribution >= 4 is 22.2 Å². The van der Waals surface area contributed by atoms with Gasteiger partial charge < -0.3 is 14.2 Å². The van der Waals surface area contributed by atoms with E-state index in [4.69, 9.17) is 25.6 Å². The first-order valence-electron chi connectivity index (χ1n) is 17.8. The monoisotopic (exact) mass is 701 g/mol. The van der Waals surface area contributed by atoms with Gasteiger partial charge in [-0.05, 0) is 75.1 Å². The molecule has 0 amide bonds. The number of alkyl halides is 1. The molecule has 4 atom stereocenters. The number of hydrogen-bond donors (Lipinski definition) is 1. The molecule has 51 heavy (non-hydrogen) atoms. The molecule has 8 nitrogen and oxygen atoms in total. The van der Waals surface area contributed by atoms with Crippen LogP contribution in [0.2, 0.25) is 0 Å². The largest absolute Gasteiger partial charge is 0.477 e. The number of nitrogens with one attached hydrogen (secondary N) is 1. The van der Waals surface area contributed by atoms with Crippen molar-refractivity contribution in [2.24, 2.45) is 10.9 Å². The first-order valence-corrected chi connectivity index (χ1v) is 17.8. The molecular formula is C39H39F4N5O3. The van der Waals surface area contributed by atoms with E-state index in [0.717, 1.165) is 49.9 Å². The Labute approximate surface area is 294 Å². The number of nitrogens with zero attached hydrogens (tertiary/aromatic N) is 4. The van der Waals surface area contributed by atoms with Crippen molar-refractivity contribution < 1.29 is 31.8 Å². The number of fused-ring (bicyclic) bond motifs is 5. The molecule has 0 aromatic heterocycles. The normalized spacial score (nSPS) is 28.7. The van der Waals surface area contributed by atoms with E-state index in [1.54, 1.807) is 11.0 Å². The summed E-state index contributed by atoms with van der Waals surface area (Å²) in [6.45, 7) is 1.41. The van der Waals surface area contributed by atoms with E-state index in [9.17, 15) is 4.39 Å². The van der Waals surface area contributed by atoms with Crippen LogP contribution >= 0.6 is 0 Å². The number of terminal acetylenes is 1. The third kappa shape index (κ3) is 5.11. The molecule has 1 aliphatic carbocycles. The number of methoxy groups -OCH3 is 1. The Hall–Kier alpha value is -4.31. The van der Waals surface area contributed by atoms with Gasteiger partial charge in [0.1, 0.15) is 42.7 Å². The fourth-order valence-corrected chi connectivity index (χ4v) is 9.58. The highest BCUT2D eigenvalue weighted by Crippen LogP contribution is 2.50. The first kappa shape index (κ1) is 32.6. The fraction of sp³-hybridized carbons (Fsp3) is 0.462. The molecule has 0 spiro atoms. The number of benzene rings is 2. The minimum absolute atomic E-state index is 0.0438. The number of rotatable bonds is 7. The van der Waals surface area contributed by atoms with E-state index in [1.165, 1.54) is 31.4 Å². The van der Waals surface area contributed by atoms with Gasteiger partial charge in [0.25, 0.3) is 0 Å². The molecule has 266 valence electrons. The third-order valence-electron chi connectivity index (χ3n) is 11.7. The van der Waals surface area contributed by atoms with Crippen molar-refractivity contribution in [1.82, 2.24) is 20.2 Å². The number of allylic oxidation sites excluding steroid dienone is 6. The summed E-state index contributed by atoms with van der Waals surface area (Å²) in [4.78, 5) is 8.79. The van der Waals surface area contributed by atoms with E-state index in [-0.39, 0.29) is 71.2 Å². The molecule has 0 unspecified atom stereocenters. The molecule has 8 aliphatic rings. The van der Waals surface area contributed by atoms with Gasteiger partial charge in [0.05, 0.1) is 22.4 Å². The highest BCUT2D eigenvalue weighted by atomic mass is 19.1. The summed E-state index contributed by atoms with van der Waals surface area (Å²) < 4.78 is 82.6. The smallest absolute Gasteiger partial charge is 0.202 e. The number of hydrogen-bond acceptors (Lipinski definition) is 8. The predicted molar refractivity (Wildman–Crippen MR) is 184 cm³/mol. The van der Waals surface area contributed by atoms with Crippen molar-refractivity contribution in [1.29, 1.82) is 0 Å².